The predicted octanol–water partition coefficient (Wildman–Crippen LogP) is 4.49. The van der Waals surface area contributed by atoms with E-state index in [0.717, 1.165) is 48.3 Å². The zero-order valence-corrected chi connectivity index (χ0v) is 24.3. The van der Waals surface area contributed by atoms with Crippen molar-refractivity contribution in [2.75, 3.05) is 19.6 Å². The number of ether oxygens (including phenoxy) is 2. The minimum Gasteiger partial charge on any atom is -0.469 e. The highest BCUT2D eigenvalue weighted by atomic mass is 19.1. The fourth-order valence-electron chi connectivity index (χ4n) is 5.46. The fourth-order valence-corrected chi connectivity index (χ4v) is 5.46. The third-order valence-corrected chi connectivity index (χ3v) is 7.73. The van der Waals surface area contributed by atoms with Gasteiger partial charge in [0.25, 0.3) is 0 Å². The van der Waals surface area contributed by atoms with Crippen LogP contribution in [-0.2, 0) is 17.8 Å². The first-order valence-electron chi connectivity index (χ1n) is 14.0. The van der Waals surface area contributed by atoms with E-state index < -0.39 is 17.5 Å². The van der Waals surface area contributed by atoms with Gasteiger partial charge in [0.15, 0.2) is 0 Å². The second-order valence-corrected chi connectivity index (χ2v) is 11.8. The van der Waals surface area contributed by atoms with E-state index in [-0.39, 0.29) is 12.1 Å². The Bertz CT molecular complexity index is 1690. The summed E-state index contributed by atoms with van der Waals surface area (Å²) in [6.45, 7) is 13.1. The normalized spacial score (nSPS) is 16.5. The molecule has 42 heavy (non-hydrogen) atoms. The zero-order valence-electron chi connectivity index (χ0n) is 24.3. The first-order chi connectivity index (χ1) is 20.0. The zero-order chi connectivity index (χ0) is 29.8. The van der Waals surface area contributed by atoms with Crippen molar-refractivity contribution in [2.24, 2.45) is 0 Å². The molecule has 1 amide bonds. The topological polar surface area (TPSA) is 114 Å². The molecule has 2 aliphatic rings. The first-order valence-corrected chi connectivity index (χ1v) is 14.0. The number of hydrogen-bond acceptors (Lipinski definition) is 8. The molecule has 6 heterocycles. The van der Waals surface area contributed by atoms with Gasteiger partial charge in [-0.1, -0.05) is 0 Å². The third-order valence-electron chi connectivity index (χ3n) is 7.73. The van der Waals surface area contributed by atoms with Crippen LogP contribution in [0.15, 0.2) is 36.7 Å². The molecule has 1 fully saturated rings. The quantitative estimate of drug-likeness (QED) is 0.344. The average molecular weight is 573 g/mol. The van der Waals surface area contributed by atoms with E-state index in [1.807, 2.05) is 44.5 Å². The highest BCUT2D eigenvalue weighted by Gasteiger charge is 2.38. The maximum atomic E-state index is 13.4. The van der Waals surface area contributed by atoms with E-state index in [1.165, 1.54) is 12.3 Å². The molecule has 0 aromatic carbocycles. The molecule has 1 unspecified atom stereocenters. The van der Waals surface area contributed by atoms with Gasteiger partial charge in [0.05, 0.1) is 36.0 Å². The molecule has 4 aromatic rings. The molecule has 2 aliphatic heterocycles. The van der Waals surface area contributed by atoms with Crippen LogP contribution in [0, 0.1) is 24.1 Å². The number of halogens is 1. The van der Waals surface area contributed by atoms with Crippen molar-refractivity contribution in [3.05, 3.63) is 65.1 Å². The van der Waals surface area contributed by atoms with E-state index in [1.54, 1.807) is 15.4 Å². The number of carbonyl (C=O) groups is 1. The molecule has 4 aromatic heterocycles. The summed E-state index contributed by atoms with van der Waals surface area (Å²) >= 11 is 0. The van der Waals surface area contributed by atoms with Crippen molar-refractivity contribution in [1.82, 2.24) is 33.9 Å². The lowest BCUT2D eigenvalue weighted by Crippen LogP contribution is -2.62. The highest BCUT2D eigenvalue weighted by molar-refractivity contribution is 5.71. The number of fused-ring (bicyclic) bond motifs is 2. The largest absolute Gasteiger partial charge is 0.469 e. The lowest BCUT2D eigenvalue weighted by atomic mass is 10.0. The minimum absolute atomic E-state index is 0.268. The molecule has 11 nitrogen and oxygen atoms in total. The minimum atomic E-state index is -0.510. The summed E-state index contributed by atoms with van der Waals surface area (Å²) in [5.41, 5.74) is 4.76. The Morgan fingerprint density at radius 2 is 1.95 bits per heavy atom. The summed E-state index contributed by atoms with van der Waals surface area (Å²) in [5, 5.41) is 14.7. The molecule has 0 spiro atoms. The van der Waals surface area contributed by atoms with Gasteiger partial charge in [-0.15, -0.1) is 0 Å². The Hall–Kier alpha value is -4.50. The molecule has 1 saturated heterocycles. The number of imidazole rings is 1. The van der Waals surface area contributed by atoms with Crippen LogP contribution in [0.1, 0.15) is 56.4 Å². The molecule has 218 valence electrons. The van der Waals surface area contributed by atoms with Gasteiger partial charge in [-0.05, 0) is 58.4 Å². The number of pyridine rings is 2. The van der Waals surface area contributed by atoms with Crippen LogP contribution in [0.3, 0.4) is 0 Å². The van der Waals surface area contributed by atoms with Crippen molar-refractivity contribution in [3.63, 3.8) is 0 Å². The maximum Gasteiger partial charge on any atom is 0.410 e. The van der Waals surface area contributed by atoms with Crippen LogP contribution in [0.25, 0.3) is 16.9 Å². The van der Waals surface area contributed by atoms with Gasteiger partial charge in [0, 0.05) is 43.9 Å². The number of nitrogens with zero attached hydrogens (tertiary/aromatic N) is 8. The summed E-state index contributed by atoms with van der Waals surface area (Å²) in [5.74, 6) is -0.00828. The van der Waals surface area contributed by atoms with E-state index in [2.05, 4.69) is 27.9 Å². The smallest absolute Gasteiger partial charge is 0.410 e. The molecular formula is C30H33FN8O3. The number of amides is 1. The Labute approximate surface area is 243 Å². The summed E-state index contributed by atoms with van der Waals surface area (Å²) in [7, 11) is 0. The second kappa shape index (κ2) is 10.4. The SMILES string of the molecule is Cc1c(-c2cc(OC(C)c3ccc(F)cn3)n3c(C#N)cnc3c2)nn2c1CN(C1CN(C(=O)OC(C)(C)C)C1)CC2. The third kappa shape index (κ3) is 5.16. The Morgan fingerprint density at radius 3 is 2.64 bits per heavy atom. The van der Waals surface area contributed by atoms with E-state index >= 15 is 0 Å². The van der Waals surface area contributed by atoms with Crippen LogP contribution in [-0.4, -0.2) is 71.3 Å². The molecular weight excluding hydrogens is 539 g/mol. The number of aromatic nitrogens is 5. The fraction of sp³-hybridized carbons (Fsp3) is 0.433. The maximum absolute atomic E-state index is 13.4. The van der Waals surface area contributed by atoms with Gasteiger partial charge in [-0.2, -0.15) is 10.4 Å². The Balaban J connectivity index is 1.25. The van der Waals surface area contributed by atoms with Crippen LogP contribution in [0.4, 0.5) is 9.18 Å². The van der Waals surface area contributed by atoms with E-state index in [9.17, 15) is 14.4 Å². The predicted molar refractivity (Wildman–Crippen MR) is 151 cm³/mol. The molecule has 0 saturated carbocycles. The van der Waals surface area contributed by atoms with Crippen molar-refractivity contribution >= 4 is 11.7 Å². The van der Waals surface area contributed by atoms with Crippen LogP contribution >= 0.6 is 0 Å². The van der Waals surface area contributed by atoms with Gasteiger partial charge in [-0.3, -0.25) is 19.0 Å². The summed E-state index contributed by atoms with van der Waals surface area (Å²) in [4.78, 5) is 25.1. The van der Waals surface area contributed by atoms with Crippen molar-refractivity contribution in [3.8, 4) is 23.2 Å². The highest BCUT2D eigenvalue weighted by Crippen LogP contribution is 2.34. The molecule has 0 bridgehead atoms. The molecule has 1 atom stereocenters. The Morgan fingerprint density at radius 1 is 1.17 bits per heavy atom. The first kappa shape index (κ1) is 27.7. The van der Waals surface area contributed by atoms with Gasteiger partial charge in [-0.25, -0.2) is 14.2 Å². The van der Waals surface area contributed by atoms with Crippen LogP contribution in [0.5, 0.6) is 5.88 Å². The summed E-state index contributed by atoms with van der Waals surface area (Å²) < 4.78 is 28.9. The van der Waals surface area contributed by atoms with Gasteiger partial charge < -0.3 is 14.4 Å². The summed E-state index contributed by atoms with van der Waals surface area (Å²) in [6, 6.07) is 9.12. The van der Waals surface area contributed by atoms with Crippen molar-refractivity contribution < 1.29 is 18.7 Å². The average Bonchev–Trinajstić information content (AvgIpc) is 3.48. The van der Waals surface area contributed by atoms with Gasteiger partial charge >= 0.3 is 6.09 Å². The van der Waals surface area contributed by atoms with Crippen LogP contribution in [0.2, 0.25) is 0 Å². The molecule has 12 heteroatoms. The Kier molecular flexibility index (Phi) is 6.85. The van der Waals surface area contributed by atoms with E-state index in [4.69, 9.17) is 14.6 Å². The monoisotopic (exact) mass is 572 g/mol. The van der Waals surface area contributed by atoms with Crippen molar-refractivity contribution in [1.29, 1.82) is 5.26 Å². The second-order valence-electron chi connectivity index (χ2n) is 11.8. The number of likely N-dealkylation sites (tertiary alicyclic amines) is 1. The number of rotatable bonds is 5. The molecule has 0 N–H and O–H groups in total. The van der Waals surface area contributed by atoms with Crippen LogP contribution < -0.4 is 4.74 Å². The number of nitriles is 1. The number of carbonyl (C=O) groups excluding carboxylic acids is 1. The van der Waals surface area contributed by atoms with E-state index in [0.29, 0.717) is 36.0 Å². The summed E-state index contributed by atoms with van der Waals surface area (Å²) in [6.07, 6.45) is 1.89. The number of hydrogen-bond donors (Lipinski definition) is 0. The molecule has 0 radical (unpaired) electrons. The van der Waals surface area contributed by atoms with Gasteiger partial charge in [0.1, 0.15) is 34.9 Å². The standard InChI is InChI=1S/C30H33FN8O3/c1-18-25-17-36(23-15-37(16-23)29(40)42-30(3,4)5)8-9-38(25)35-28(18)20-10-26-34-14-22(12-32)39(26)27(11-20)41-19(2)24-7-6-21(31)13-33-24/h6-7,10-11,13-14,19,23H,8-9,15-17H2,1-5H3. The molecule has 6 rings (SSSR count). The van der Waals surface area contributed by atoms with Crippen molar-refractivity contribution in [2.45, 2.75) is 65.5 Å². The lowest BCUT2D eigenvalue weighted by Gasteiger charge is -2.46. The molecule has 0 aliphatic carbocycles. The lowest BCUT2D eigenvalue weighted by molar-refractivity contribution is -0.0209. The van der Waals surface area contributed by atoms with Gasteiger partial charge in [0.2, 0.25) is 5.88 Å².